The molecule has 2 aliphatic rings. The number of aliphatic carboxylic acids is 1. The van der Waals surface area contributed by atoms with Crippen molar-refractivity contribution in [2.24, 2.45) is 0 Å². The lowest BCUT2D eigenvalue weighted by molar-refractivity contribution is -0.231. The van der Waals surface area contributed by atoms with E-state index >= 15 is 0 Å². The van der Waals surface area contributed by atoms with Crippen molar-refractivity contribution in [3.63, 3.8) is 0 Å². The molecule has 4 rings (SSSR count). The molecule has 2 saturated heterocycles. The second-order valence-corrected chi connectivity index (χ2v) is 9.62. The van der Waals surface area contributed by atoms with Gasteiger partial charge in [0.05, 0.1) is 6.61 Å². The van der Waals surface area contributed by atoms with Crippen LogP contribution in [0.3, 0.4) is 0 Å². The molecular formula is C28H34ClNO9. The highest BCUT2D eigenvalue weighted by Crippen LogP contribution is 2.34. The van der Waals surface area contributed by atoms with E-state index < -0.39 is 43.1 Å². The fourth-order valence-corrected chi connectivity index (χ4v) is 4.51. The SMILES string of the molecule is O=C(O)[C@@H]1CCCN1.OCC#CCOc1ccc(Cc2cc([C@@H]3O[C@H](CO)[C@@H](O)[C@H](O)[C@H]3O)ccc2Cl)cc1. The van der Waals surface area contributed by atoms with Gasteiger partial charge in [0.1, 0.15) is 55.5 Å². The third kappa shape index (κ3) is 8.63. The highest BCUT2D eigenvalue weighted by atomic mass is 35.5. The number of aliphatic hydroxyl groups is 5. The maximum Gasteiger partial charge on any atom is 0.320 e. The zero-order valence-electron chi connectivity index (χ0n) is 21.2. The molecule has 212 valence electrons. The first-order valence-corrected chi connectivity index (χ1v) is 13.0. The molecule has 0 unspecified atom stereocenters. The van der Waals surface area contributed by atoms with E-state index in [1.807, 2.05) is 24.3 Å². The third-order valence-corrected chi connectivity index (χ3v) is 6.85. The summed E-state index contributed by atoms with van der Waals surface area (Å²) in [7, 11) is 0. The van der Waals surface area contributed by atoms with Crippen molar-refractivity contribution < 1.29 is 44.9 Å². The molecule has 2 heterocycles. The number of carbonyl (C=O) groups is 1. The minimum absolute atomic E-state index is 0.187. The molecule has 7 N–H and O–H groups in total. The molecule has 39 heavy (non-hydrogen) atoms. The molecular weight excluding hydrogens is 530 g/mol. The Labute approximate surface area is 231 Å². The van der Waals surface area contributed by atoms with E-state index in [2.05, 4.69) is 17.2 Å². The van der Waals surface area contributed by atoms with E-state index in [0.717, 1.165) is 30.5 Å². The molecule has 0 bridgehead atoms. The Morgan fingerprint density at radius 2 is 1.79 bits per heavy atom. The second-order valence-electron chi connectivity index (χ2n) is 9.21. The molecule has 0 amide bonds. The first-order chi connectivity index (χ1) is 18.7. The van der Waals surface area contributed by atoms with Crippen molar-refractivity contribution in [2.45, 2.75) is 55.8 Å². The monoisotopic (exact) mass is 563 g/mol. The van der Waals surface area contributed by atoms with Crippen molar-refractivity contribution in [2.75, 3.05) is 26.4 Å². The largest absolute Gasteiger partial charge is 0.481 e. The number of halogens is 1. The molecule has 11 heteroatoms. The van der Waals surface area contributed by atoms with Crippen LogP contribution in [-0.2, 0) is 16.0 Å². The summed E-state index contributed by atoms with van der Waals surface area (Å²) in [5.41, 5.74) is 2.35. The molecule has 0 saturated carbocycles. The molecule has 0 radical (unpaired) electrons. The highest BCUT2D eigenvalue weighted by Gasteiger charge is 2.44. The molecule has 2 aliphatic heterocycles. The van der Waals surface area contributed by atoms with Crippen LogP contribution < -0.4 is 10.1 Å². The Morgan fingerprint density at radius 3 is 2.38 bits per heavy atom. The Hall–Kier alpha value is -2.72. The molecule has 2 aromatic rings. The van der Waals surface area contributed by atoms with Crippen molar-refractivity contribution in [1.82, 2.24) is 5.32 Å². The number of carboxylic acid groups (broad SMARTS) is 1. The summed E-state index contributed by atoms with van der Waals surface area (Å²) in [5, 5.41) is 60.2. The van der Waals surface area contributed by atoms with Gasteiger partial charge in [0.25, 0.3) is 0 Å². The summed E-state index contributed by atoms with van der Waals surface area (Å²) in [6.07, 6.45) is -3.79. The molecule has 0 aromatic heterocycles. The average molecular weight is 564 g/mol. The molecule has 0 aliphatic carbocycles. The van der Waals surface area contributed by atoms with E-state index in [9.17, 15) is 25.2 Å². The summed E-state index contributed by atoms with van der Waals surface area (Å²) >= 11 is 6.37. The van der Waals surface area contributed by atoms with Crippen LogP contribution in [0.5, 0.6) is 5.75 Å². The standard InChI is InChI=1S/C23H25ClO7.C5H9NO2/c24-18-8-5-15(23-22(29)21(28)20(27)19(13-26)31-23)12-16(18)11-14-3-6-17(7-4-14)30-10-2-1-9-25;7-5(8)4-2-1-3-6-4/h3-8,12,19-23,25-29H,9-11,13H2;4,6H,1-3H2,(H,7,8)/t19-,20-,21+,22-,23+;4-/m10/s1. The van der Waals surface area contributed by atoms with Crippen LogP contribution in [0.4, 0.5) is 0 Å². The average Bonchev–Trinajstić information content (AvgIpc) is 3.49. The predicted octanol–water partition coefficient (Wildman–Crippen LogP) is 0.643. The lowest BCUT2D eigenvalue weighted by Gasteiger charge is -2.40. The highest BCUT2D eigenvalue weighted by molar-refractivity contribution is 6.31. The van der Waals surface area contributed by atoms with Crippen LogP contribution in [-0.4, -0.2) is 93.4 Å². The Bertz CT molecular complexity index is 1130. The van der Waals surface area contributed by atoms with Crippen LogP contribution in [0.25, 0.3) is 0 Å². The van der Waals surface area contributed by atoms with Crippen LogP contribution in [0.2, 0.25) is 5.02 Å². The summed E-state index contributed by atoms with van der Waals surface area (Å²) in [6, 6.07) is 12.3. The number of rotatable bonds is 7. The van der Waals surface area contributed by atoms with Gasteiger partial charge in [-0.1, -0.05) is 47.7 Å². The van der Waals surface area contributed by atoms with E-state index in [1.54, 1.807) is 18.2 Å². The number of aliphatic hydroxyl groups excluding tert-OH is 5. The van der Waals surface area contributed by atoms with Crippen molar-refractivity contribution in [1.29, 1.82) is 0 Å². The van der Waals surface area contributed by atoms with Gasteiger partial charge in [-0.25, -0.2) is 0 Å². The summed E-state index contributed by atoms with van der Waals surface area (Å²) in [5.74, 6) is 5.12. The first-order valence-electron chi connectivity index (χ1n) is 12.6. The molecule has 2 fully saturated rings. The number of carboxylic acids is 1. The van der Waals surface area contributed by atoms with Gasteiger partial charge in [-0.05, 0) is 60.7 Å². The van der Waals surface area contributed by atoms with Gasteiger partial charge < -0.3 is 45.4 Å². The summed E-state index contributed by atoms with van der Waals surface area (Å²) in [6.45, 7) is 0.358. The van der Waals surface area contributed by atoms with E-state index in [0.29, 0.717) is 22.8 Å². The minimum atomic E-state index is -1.44. The van der Waals surface area contributed by atoms with Gasteiger partial charge in [0.2, 0.25) is 0 Å². The summed E-state index contributed by atoms with van der Waals surface area (Å²) in [4.78, 5) is 10.1. The first kappa shape index (κ1) is 30.8. The van der Waals surface area contributed by atoms with Crippen molar-refractivity contribution >= 4 is 17.6 Å². The third-order valence-electron chi connectivity index (χ3n) is 6.48. The number of nitrogens with one attached hydrogen (secondary N) is 1. The van der Waals surface area contributed by atoms with Crippen molar-refractivity contribution in [3.8, 4) is 17.6 Å². The zero-order valence-corrected chi connectivity index (χ0v) is 22.0. The van der Waals surface area contributed by atoms with Crippen LogP contribution in [0.15, 0.2) is 42.5 Å². The van der Waals surface area contributed by atoms with Crippen LogP contribution >= 0.6 is 11.6 Å². The van der Waals surface area contributed by atoms with Gasteiger partial charge in [0, 0.05) is 5.02 Å². The summed E-state index contributed by atoms with van der Waals surface area (Å²) < 4.78 is 11.1. The molecule has 2 aromatic carbocycles. The number of benzene rings is 2. The lowest BCUT2D eigenvalue weighted by Crippen LogP contribution is -2.55. The Kier molecular flexibility index (Phi) is 12.0. The van der Waals surface area contributed by atoms with E-state index in [-0.39, 0.29) is 19.3 Å². The van der Waals surface area contributed by atoms with Gasteiger partial charge in [-0.2, -0.15) is 0 Å². The fourth-order valence-electron chi connectivity index (χ4n) is 4.33. The maximum absolute atomic E-state index is 10.4. The van der Waals surface area contributed by atoms with Crippen LogP contribution in [0.1, 0.15) is 35.6 Å². The number of hydrogen-bond acceptors (Lipinski definition) is 9. The second kappa shape index (κ2) is 15.2. The van der Waals surface area contributed by atoms with E-state index in [1.165, 1.54) is 0 Å². The predicted molar refractivity (Wildman–Crippen MR) is 142 cm³/mol. The number of ether oxygens (including phenoxy) is 2. The van der Waals surface area contributed by atoms with Crippen LogP contribution in [0, 0.1) is 11.8 Å². The van der Waals surface area contributed by atoms with E-state index in [4.69, 9.17) is 31.3 Å². The Balaban J connectivity index is 0.000000449. The minimum Gasteiger partial charge on any atom is -0.481 e. The fraction of sp³-hybridized carbons (Fsp3) is 0.464. The van der Waals surface area contributed by atoms with Crippen molar-refractivity contribution in [3.05, 3.63) is 64.2 Å². The lowest BCUT2D eigenvalue weighted by atomic mass is 9.90. The molecule has 0 spiro atoms. The smallest absolute Gasteiger partial charge is 0.320 e. The quantitative estimate of drug-likeness (QED) is 0.237. The maximum atomic E-state index is 10.4. The van der Waals surface area contributed by atoms with Gasteiger partial charge in [0.15, 0.2) is 0 Å². The van der Waals surface area contributed by atoms with Gasteiger partial charge >= 0.3 is 5.97 Å². The molecule has 10 nitrogen and oxygen atoms in total. The number of hydrogen-bond donors (Lipinski definition) is 7. The molecule has 6 atom stereocenters. The van der Waals surface area contributed by atoms with Gasteiger partial charge in [-0.3, -0.25) is 4.79 Å². The zero-order chi connectivity index (χ0) is 28.4. The topological polar surface area (TPSA) is 169 Å². The normalized spacial score (nSPS) is 26.1. The van der Waals surface area contributed by atoms with Gasteiger partial charge in [-0.15, -0.1) is 0 Å². The Morgan fingerprint density at radius 1 is 1.05 bits per heavy atom.